The lowest BCUT2D eigenvalue weighted by Crippen LogP contribution is -2.27. The summed E-state index contributed by atoms with van der Waals surface area (Å²) in [5.41, 5.74) is 11.7. The molecule has 0 unspecified atom stereocenters. The Balaban J connectivity index is -0.000000151. The van der Waals surface area contributed by atoms with E-state index in [1.807, 2.05) is 111 Å². The maximum atomic E-state index is 12.6. The number of halogens is 2. The Morgan fingerprint density at radius 1 is 0.391 bits per heavy atom. The highest BCUT2D eigenvalue weighted by atomic mass is 19.1. The van der Waals surface area contributed by atoms with Crippen LogP contribution >= 0.6 is 0 Å². The number of pyridine rings is 2. The van der Waals surface area contributed by atoms with Gasteiger partial charge in [-0.15, -0.1) is 0 Å². The van der Waals surface area contributed by atoms with E-state index in [0.717, 1.165) is 47.1 Å². The third kappa shape index (κ3) is 35.3. The minimum Gasteiger partial charge on any atom is -0.353 e. The summed E-state index contributed by atoms with van der Waals surface area (Å²) < 4.78 is 35.5. The topological polar surface area (TPSA) is 70.0 Å². The molecule has 0 N–H and O–H groups in total. The summed E-state index contributed by atoms with van der Waals surface area (Å²) in [5.74, 6) is 1.17. The Kier molecular flexibility index (Phi) is 43.4. The van der Waals surface area contributed by atoms with Crippen LogP contribution < -0.4 is 0 Å². The molecule has 1 saturated heterocycles. The van der Waals surface area contributed by atoms with Gasteiger partial charge in [0.05, 0.1) is 13.2 Å². The molecule has 0 radical (unpaired) electrons. The van der Waals surface area contributed by atoms with E-state index in [2.05, 4.69) is 77.1 Å². The molecule has 6 nitrogen and oxygen atoms in total. The summed E-state index contributed by atoms with van der Waals surface area (Å²) in [6.45, 7) is 29.1. The van der Waals surface area contributed by atoms with E-state index in [9.17, 15) is 8.78 Å². The minimum absolute atomic E-state index is 0. The van der Waals surface area contributed by atoms with Crippen molar-refractivity contribution in [1.29, 1.82) is 0 Å². The Morgan fingerprint density at radius 2 is 0.688 bits per heavy atom. The quantitative estimate of drug-likeness (QED) is 0.151. The second-order valence-corrected chi connectivity index (χ2v) is 14.8. The van der Waals surface area contributed by atoms with Gasteiger partial charge in [0.1, 0.15) is 17.5 Å². The third-order valence-corrected chi connectivity index (χ3v) is 8.13. The standard InChI is InChI=1S/2C8H9F.C8H10.2C7H9N.C6H8N2.C6H12O2.6CH4/c2*1-6-3-4-7(2)8(9)5-6;1-7-3-5-8(2)6-4-7;2*1-6-3-4-7(2)8-5-6;2*1-5-3-7-6(2)8-4-5;;;;;;/h2*3-5H,1-2H3;3-6H,1-2H3;2*3-5H,1-2H3;3-4H,1-2H3;5-6H,3-4H2,1-2H3;6*1H4. The molecule has 0 aliphatic carbocycles. The molecule has 3 aromatic carbocycles. The van der Waals surface area contributed by atoms with Gasteiger partial charge >= 0.3 is 0 Å². The number of hydrogen-bond donors (Lipinski definition) is 0. The molecule has 7 rings (SSSR count). The molecule has 64 heavy (non-hydrogen) atoms. The predicted octanol–water partition coefficient (Wildman–Crippen LogP) is 16.5. The maximum Gasteiger partial charge on any atom is 0.154 e. The molecule has 0 atom stereocenters. The van der Waals surface area contributed by atoms with Gasteiger partial charge in [-0.05, 0) is 153 Å². The molecular weight excluding hydrogens is 799 g/mol. The van der Waals surface area contributed by atoms with Crippen LogP contribution in [0.5, 0.6) is 0 Å². The molecule has 1 aliphatic rings. The van der Waals surface area contributed by atoms with Crippen molar-refractivity contribution in [3.63, 3.8) is 0 Å². The monoisotopic (exact) mass is 889 g/mol. The van der Waals surface area contributed by atoms with Crippen LogP contribution in [0.4, 0.5) is 8.78 Å². The summed E-state index contributed by atoms with van der Waals surface area (Å²) in [5, 5.41) is 0. The molecule has 6 aromatic rings. The molecule has 0 saturated carbocycles. The Labute approximate surface area is 392 Å². The SMILES string of the molecule is C.C.C.C.C.C.CC1COC(C)OC1.Cc1ccc(C)c(F)c1.Cc1ccc(C)c(F)c1.Cc1ccc(C)cc1.Cc1ccc(C)nc1.Cc1ccc(C)nc1.Cc1cnc(C)nc1. The van der Waals surface area contributed by atoms with Crippen LogP contribution in [-0.2, 0) is 9.47 Å². The number of rotatable bonds is 0. The van der Waals surface area contributed by atoms with Gasteiger partial charge in [-0.1, -0.05) is 123 Å². The predicted molar refractivity (Wildman–Crippen MR) is 278 cm³/mol. The number of benzene rings is 3. The highest BCUT2D eigenvalue weighted by molar-refractivity contribution is 5.23. The van der Waals surface area contributed by atoms with E-state index in [1.54, 1.807) is 26.0 Å². The van der Waals surface area contributed by atoms with E-state index >= 15 is 0 Å². The molecule has 1 aliphatic heterocycles. The first-order valence-corrected chi connectivity index (χ1v) is 19.6. The van der Waals surface area contributed by atoms with Crippen molar-refractivity contribution in [2.45, 2.75) is 148 Å². The van der Waals surface area contributed by atoms with Crippen molar-refractivity contribution in [3.05, 3.63) is 189 Å². The summed E-state index contributed by atoms with van der Waals surface area (Å²) >= 11 is 0. The fourth-order valence-electron chi connectivity index (χ4n) is 4.27. The fraction of sp³-hybridized carbons (Fsp3) is 0.429. The van der Waals surface area contributed by atoms with Crippen molar-refractivity contribution in [3.8, 4) is 0 Å². The Morgan fingerprint density at radius 3 is 0.922 bits per heavy atom. The zero-order chi connectivity index (χ0) is 43.6. The van der Waals surface area contributed by atoms with Crippen molar-refractivity contribution < 1.29 is 18.3 Å². The molecule has 1 fully saturated rings. The van der Waals surface area contributed by atoms with Gasteiger partial charge < -0.3 is 9.47 Å². The first kappa shape index (κ1) is 70.5. The van der Waals surface area contributed by atoms with Gasteiger partial charge in [0.25, 0.3) is 0 Å². The first-order valence-electron chi connectivity index (χ1n) is 19.6. The molecule has 0 spiro atoms. The number of hydrogen-bond acceptors (Lipinski definition) is 6. The van der Waals surface area contributed by atoms with Crippen molar-refractivity contribution in [2.75, 3.05) is 13.2 Å². The van der Waals surface area contributed by atoms with Gasteiger partial charge in [-0.3, -0.25) is 9.97 Å². The van der Waals surface area contributed by atoms with Gasteiger partial charge in [-0.25, -0.2) is 18.7 Å². The highest BCUT2D eigenvalue weighted by Crippen LogP contribution is 2.09. The molecule has 360 valence electrons. The second-order valence-electron chi connectivity index (χ2n) is 14.8. The van der Waals surface area contributed by atoms with Crippen molar-refractivity contribution in [1.82, 2.24) is 19.9 Å². The van der Waals surface area contributed by atoms with E-state index in [4.69, 9.17) is 9.47 Å². The summed E-state index contributed by atoms with van der Waals surface area (Å²) in [7, 11) is 0. The zero-order valence-electron chi connectivity index (χ0n) is 37.3. The molecule has 0 bridgehead atoms. The van der Waals surface area contributed by atoms with Gasteiger partial charge in [0.15, 0.2) is 6.29 Å². The van der Waals surface area contributed by atoms with E-state index in [0.29, 0.717) is 17.0 Å². The number of ether oxygens (including phenoxy) is 2. The average molecular weight is 889 g/mol. The third-order valence-electron chi connectivity index (χ3n) is 8.13. The lowest BCUT2D eigenvalue weighted by atomic mass is 10.2. The van der Waals surface area contributed by atoms with Crippen molar-refractivity contribution in [2.24, 2.45) is 5.92 Å². The number of aromatic nitrogens is 4. The van der Waals surface area contributed by atoms with Crippen LogP contribution in [0.3, 0.4) is 0 Å². The molecule has 0 amide bonds. The normalized spacial score (nSPS) is 12.3. The minimum atomic E-state index is -0.116. The number of nitrogens with zero attached hydrogens (tertiary/aromatic N) is 4. The second kappa shape index (κ2) is 39.4. The van der Waals surface area contributed by atoms with E-state index in [-0.39, 0.29) is 62.5 Å². The molecule has 3 aromatic heterocycles. The van der Waals surface area contributed by atoms with Gasteiger partial charge in [0, 0.05) is 42.1 Å². The Bertz CT molecular complexity index is 1660. The van der Waals surface area contributed by atoms with Crippen LogP contribution in [0.15, 0.2) is 110 Å². The van der Waals surface area contributed by atoms with E-state index in [1.165, 1.54) is 34.4 Å². The maximum absolute atomic E-state index is 12.6. The highest BCUT2D eigenvalue weighted by Gasteiger charge is 2.13. The molecular formula is C56H90F2N4O2. The fourth-order valence-corrected chi connectivity index (χ4v) is 4.27. The van der Waals surface area contributed by atoms with E-state index < -0.39 is 0 Å². The van der Waals surface area contributed by atoms with Crippen LogP contribution in [-0.4, -0.2) is 39.4 Å². The summed E-state index contributed by atoms with van der Waals surface area (Å²) in [6.07, 6.45) is 7.38. The van der Waals surface area contributed by atoms with Crippen LogP contribution in [0.25, 0.3) is 0 Å². The van der Waals surface area contributed by atoms with Crippen molar-refractivity contribution >= 4 is 0 Å². The zero-order valence-corrected chi connectivity index (χ0v) is 37.3. The summed E-state index contributed by atoms with van der Waals surface area (Å²) in [4.78, 5) is 16.1. The largest absolute Gasteiger partial charge is 0.353 e. The lowest BCUT2D eigenvalue weighted by molar-refractivity contribution is -0.187. The van der Waals surface area contributed by atoms with Crippen LogP contribution in [0, 0.1) is 101 Å². The van der Waals surface area contributed by atoms with Crippen LogP contribution in [0.1, 0.15) is 126 Å². The van der Waals surface area contributed by atoms with Gasteiger partial charge in [-0.2, -0.15) is 0 Å². The Hall–Kier alpha value is -5.18. The van der Waals surface area contributed by atoms with Gasteiger partial charge in [0.2, 0.25) is 0 Å². The molecule has 4 heterocycles. The number of aryl methyl sites for hydroxylation is 12. The lowest BCUT2D eigenvalue weighted by Gasteiger charge is -2.24. The summed E-state index contributed by atoms with van der Waals surface area (Å²) in [6, 6.07) is 27.1. The smallest absolute Gasteiger partial charge is 0.154 e. The first-order chi connectivity index (χ1) is 27.3. The van der Waals surface area contributed by atoms with Crippen LogP contribution in [0.2, 0.25) is 0 Å². The molecule has 8 heteroatoms. The average Bonchev–Trinajstić information content (AvgIpc) is 3.19.